The number of ether oxygens (including phenoxy) is 2. The first-order valence-corrected chi connectivity index (χ1v) is 9.15. The molecule has 1 amide bonds. The van der Waals surface area contributed by atoms with Crippen molar-refractivity contribution in [3.05, 3.63) is 47.0 Å². The molecule has 2 aromatic rings. The lowest BCUT2D eigenvalue weighted by molar-refractivity contribution is 0.0932. The predicted octanol–water partition coefficient (Wildman–Crippen LogP) is 3.39. The molecule has 1 aromatic carbocycles. The van der Waals surface area contributed by atoms with Crippen LogP contribution in [-0.2, 0) is 6.42 Å². The third kappa shape index (κ3) is 3.95. The van der Waals surface area contributed by atoms with Crippen LogP contribution in [0.3, 0.4) is 0 Å². The number of benzene rings is 1. The molecule has 3 rings (SSSR count). The molecule has 1 N–H and O–H groups in total. The van der Waals surface area contributed by atoms with Crippen molar-refractivity contribution < 1.29 is 14.3 Å². The Morgan fingerprint density at radius 1 is 1.23 bits per heavy atom. The van der Waals surface area contributed by atoms with Crippen molar-refractivity contribution in [3.63, 3.8) is 0 Å². The molecule has 0 radical (unpaired) electrons. The Morgan fingerprint density at radius 3 is 2.77 bits per heavy atom. The fraction of sp³-hybridized carbons (Fsp3) is 0.450. The van der Waals surface area contributed by atoms with Crippen molar-refractivity contribution >= 4 is 5.91 Å². The van der Waals surface area contributed by atoms with Gasteiger partial charge in [0.05, 0.1) is 19.3 Å². The van der Waals surface area contributed by atoms with Gasteiger partial charge in [0.15, 0.2) is 11.5 Å². The minimum atomic E-state index is -0.132. The number of aryl methyl sites for hydroxylation is 2. The zero-order valence-corrected chi connectivity index (χ0v) is 15.5. The molecule has 0 saturated heterocycles. The van der Waals surface area contributed by atoms with Crippen LogP contribution in [0.15, 0.2) is 24.4 Å². The van der Waals surface area contributed by atoms with Crippen molar-refractivity contribution in [2.45, 2.75) is 46.1 Å². The molecular weight excluding hydrogens is 330 g/mol. The summed E-state index contributed by atoms with van der Waals surface area (Å²) >= 11 is 0. The normalized spacial score (nSPS) is 15.9. The maximum atomic E-state index is 12.8. The topological polar surface area (TPSA) is 73.3 Å². The molecular formula is C20H25N3O3. The van der Waals surface area contributed by atoms with E-state index in [9.17, 15) is 4.79 Å². The highest BCUT2D eigenvalue weighted by Gasteiger charge is 2.24. The molecule has 6 heteroatoms. The Hall–Kier alpha value is -2.63. The van der Waals surface area contributed by atoms with E-state index >= 15 is 0 Å². The van der Waals surface area contributed by atoms with E-state index in [1.165, 1.54) is 0 Å². The number of nitrogens with one attached hydrogen (secondary N) is 1. The largest absolute Gasteiger partial charge is 0.490 e. The van der Waals surface area contributed by atoms with Crippen molar-refractivity contribution in [3.8, 4) is 11.5 Å². The van der Waals surface area contributed by atoms with Crippen LogP contribution in [0.1, 0.15) is 60.2 Å². The molecule has 0 saturated carbocycles. The number of aromatic nitrogens is 2. The van der Waals surface area contributed by atoms with Crippen LogP contribution < -0.4 is 14.8 Å². The Bertz CT molecular complexity index is 792. The van der Waals surface area contributed by atoms with E-state index in [2.05, 4.69) is 15.3 Å². The van der Waals surface area contributed by atoms with Crippen LogP contribution in [0.25, 0.3) is 0 Å². The van der Waals surface area contributed by atoms with Crippen molar-refractivity contribution in [2.75, 3.05) is 13.2 Å². The maximum Gasteiger partial charge on any atom is 0.251 e. The third-order valence-electron chi connectivity index (χ3n) is 4.41. The number of carbonyl (C=O) groups excluding carboxylic acids is 1. The van der Waals surface area contributed by atoms with E-state index in [-0.39, 0.29) is 11.9 Å². The summed E-state index contributed by atoms with van der Waals surface area (Å²) in [5, 5.41) is 3.12. The monoisotopic (exact) mass is 355 g/mol. The summed E-state index contributed by atoms with van der Waals surface area (Å²) in [4.78, 5) is 21.6. The van der Waals surface area contributed by atoms with Crippen LogP contribution in [0.2, 0.25) is 0 Å². The molecule has 1 aliphatic rings. The van der Waals surface area contributed by atoms with Gasteiger partial charge in [-0.25, -0.2) is 9.97 Å². The van der Waals surface area contributed by atoms with Crippen LogP contribution >= 0.6 is 0 Å². The molecule has 1 aliphatic carbocycles. The molecule has 0 spiro atoms. The third-order valence-corrected chi connectivity index (χ3v) is 4.41. The average Bonchev–Trinajstić information content (AvgIpc) is 2.63. The summed E-state index contributed by atoms with van der Waals surface area (Å²) in [7, 11) is 0. The first-order valence-electron chi connectivity index (χ1n) is 9.15. The fourth-order valence-corrected chi connectivity index (χ4v) is 3.23. The van der Waals surface area contributed by atoms with Crippen molar-refractivity contribution in [2.24, 2.45) is 0 Å². The predicted molar refractivity (Wildman–Crippen MR) is 98.7 cm³/mol. The van der Waals surface area contributed by atoms with Crippen molar-refractivity contribution in [1.29, 1.82) is 0 Å². The molecule has 1 atom stereocenters. The number of carbonyl (C=O) groups is 1. The van der Waals surface area contributed by atoms with Gasteiger partial charge in [-0.15, -0.1) is 0 Å². The van der Waals surface area contributed by atoms with Gasteiger partial charge < -0.3 is 14.8 Å². The highest BCUT2D eigenvalue weighted by Crippen LogP contribution is 2.31. The number of hydrogen-bond acceptors (Lipinski definition) is 5. The molecule has 26 heavy (non-hydrogen) atoms. The summed E-state index contributed by atoms with van der Waals surface area (Å²) in [5.41, 5.74) is 2.61. The van der Waals surface area contributed by atoms with Crippen LogP contribution in [0.4, 0.5) is 0 Å². The summed E-state index contributed by atoms with van der Waals surface area (Å²) in [6.07, 6.45) is 4.66. The second-order valence-corrected chi connectivity index (χ2v) is 6.27. The van der Waals surface area contributed by atoms with Crippen LogP contribution in [0, 0.1) is 6.92 Å². The molecule has 0 aliphatic heterocycles. The molecule has 0 unspecified atom stereocenters. The molecule has 0 fully saturated rings. The standard InChI is InChI=1S/C20H25N3O3/c1-4-25-18-10-9-14(11-19(18)26-5-2)20(24)23-17-8-6-7-16-15(17)12-21-13(3)22-16/h9-12,17H,4-8H2,1-3H3,(H,23,24)/t17-/m1/s1. The van der Waals surface area contributed by atoms with E-state index in [4.69, 9.17) is 9.47 Å². The Balaban J connectivity index is 1.79. The maximum absolute atomic E-state index is 12.8. The molecule has 1 aromatic heterocycles. The SMILES string of the molecule is CCOc1ccc(C(=O)N[C@@H]2CCCc3nc(C)ncc32)cc1OCC. The van der Waals surface area contributed by atoms with Gasteiger partial charge in [-0.3, -0.25) is 4.79 Å². The van der Waals surface area contributed by atoms with Gasteiger partial charge in [0.25, 0.3) is 5.91 Å². The molecule has 0 bridgehead atoms. The fourth-order valence-electron chi connectivity index (χ4n) is 3.23. The summed E-state index contributed by atoms with van der Waals surface area (Å²) in [5.74, 6) is 1.87. The molecule has 138 valence electrons. The smallest absolute Gasteiger partial charge is 0.251 e. The Morgan fingerprint density at radius 2 is 2.00 bits per heavy atom. The lowest BCUT2D eigenvalue weighted by Crippen LogP contribution is -2.31. The average molecular weight is 355 g/mol. The molecule has 1 heterocycles. The lowest BCUT2D eigenvalue weighted by Gasteiger charge is -2.25. The number of nitrogens with zero attached hydrogens (tertiary/aromatic N) is 2. The second kappa shape index (κ2) is 8.17. The van der Waals surface area contributed by atoms with Gasteiger partial charge in [0.1, 0.15) is 5.82 Å². The van der Waals surface area contributed by atoms with Crippen LogP contribution in [0.5, 0.6) is 11.5 Å². The Kier molecular flexibility index (Phi) is 5.71. The summed E-state index contributed by atoms with van der Waals surface area (Å²) < 4.78 is 11.2. The highest BCUT2D eigenvalue weighted by atomic mass is 16.5. The number of rotatable bonds is 6. The van der Waals surface area contributed by atoms with Crippen LogP contribution in [-0.4, -0.2) is 29.1 Å². The lowest BCUT2D eigenvalue weighted by atomic mass is 9.92. The van der Waals surface area contributed by atoms with Gasteiger partial charge in [0.2, 0.25) is 0 Å². The van der Waals surface area contributed by atoms with Crippen molar-refractivity contribution in [1.82, 2.24) is 15.3 Å². The zero-order chi connectivity index (χ0) is 18.5. The van der Waals surface area contributed by atoms with Gasteiger partial charge in [-0.1, -0.05) is 0 Å². The number of hydrogen-bond donors (Lipinski definition) is 1. The quantitative estimate of drug-likeness (QED) is 0.860. The van der Waals surface area contributed by atoms with E-state index in [1.54, 1.807) is 18.2 Å². The highest BCUT2D eigenvalue weighted by molar-refractivity contribution is 5.95. The minimum Gasteiger partial charge on any atom is -0.490 e. The van der Waals surface area contributed by atoms with Gasteiger partial charge in [-0.05, 0) is 58.2 Å². The van der Waals surface area contributed by atoms with Gasteiger partial charge in [0, 0.05) is 23.0 Å². The van der Waals surface area contributed by atoms with Gasteiger partial charge >= 0.3 is 0 Å². The van der Waals surface area contributed by atoms with E-state index < -0.39 is 0 Å². The zero-order valence-electron chi connectivity index (χ0n) is 15.5. The molecule has 6 nitrogen and oxygen atoms in total. The number of amides is 1. The van der Waals surface area contributed by atoms with Gasteiger partial charge in [-0.2, -0.15) is 0 Å². The first-order chi connectivity index (χ1) is 12.6. The first kappa shape index (κ1) is 18.2. The minimum absolute atomic E-state index is 0.0611. The summed E-state index contributed by atoms with van der Waals surface area (Å²) in [6, 6.07) is 5.22. The van der Waals surface area contributed by atoms with E-state index in [0.717, 1.165) is 36.3 Å². The second-order valence-electron chi connectivity index (χ2n) is 6.27. The Labute approximate surface area is 154 Å². The summed E-state index contributed by atoms with van der Waals surface area (Å²) in [6.45, 7) is 6.77. The van der Waals surface area contributed by atoms with E-state index in [0.29, 0.717) is 30.3 Å². The van der Waals surface area contributed by atoms with E-state index in [1.807, 2.05) is 27.0 Å². The number of fused-ring (bicyclic) bond motifs is 1.